The molecule has 3 rings (SSSR count). The van der Waals surface area contributed by atoms with Crippen LogP contribution in [0.3, 0.4) is 0 Å². The molecule has 0 aliphatic carbocycles. The third kappa shape index (κ3) is 2.05. The van der Waals surface area contributed by atoms with Crippen molar-refractivity contribution < 1.29 is 9.15 Å². The van der Waals surface area contributed by atoms with Crippen molar-refractivity contribution in [1.82, 2.24) is 14.8 Å². The van der Waals surface area contributed by atoms with Gasteiger partial charge in [-0.05, 0) is 6.92 Å². The van der Waals surface area contributed by atoms with Gasteiger partial charge in [-0.2, -0.15) is 5.10 Å². The van der Waals surface area contributed by atoms with E-state index in [4.69, 9.17) is 14.9 Å². The lowest BCUT2D eigenvalue weighted by molar-refractivity contribution is 0.484. The van der Waals surface area contributed by atoms with E-state index in [0.29, 0.717) is 28.3 Å². The van der Waals surface area contributed by atoms with Gasteiger partial charge in [0.05, 0.1) is 23.6 Å². The minimum Gasteiger partial charge on any atom is -0.452 e. The standard InChI is InChI=1S/C12H12N4O3/c1-2-16-6-7(5-14-16)18-10-4-9-11(3-8(10)13)19-12(17)15-9/h3-6H,2,13H2,1H3,(H,15,17). The molecule has 0 aliphatic heterocycles. The van der Waals surface area contributed by atoms with Crippen LogP contribution >= 0.6 is 0 Å². The van der Waals surface area contributed by atoms with E-state index in [-0.39, 0.29) is 0 Å². The second-order valence-electron chi connectivity index (χ2n) is 4.03. The van der Waals surface area contributed by atoms with Gasteiger partial charge in [-0.25, -0.2) is 4.79 Å². The molecule has 3 aromatic rings. The number of fused-ring (bicyclic) bond motifs is 1. The predicted molar refractivity (Wildman–Crippen MR) is 69.2 cm³/mol. The maximum absolute atomic E-state index is 11.1. The summed E-state index contributed by atoms with van der Waals surface area (Å²) in [7, 11) is 0. The zero-order chi connectivity index (χ0) is 13.4. The van der Waals surface area contributed by atoms with Crippen LogP contribution in [0.5, 0.6) is 11.5 Å². The molecule has 0 aliphatic rings. The van der Waals surface area contributed by atoms with Crippen LogP contribution in [0.2, 0.25) is 0 Å². The molecule has 2 heterocycles. The first-order valence-corrected chi connectivity index (χ1v) is 5.78. The average Bonchev–Trinajstić information content (AvgIpc) is 2.95. The number of nitrogens with one attached hydrogen (secondary N) is 1. The van der Waals surface area contributed by atoms with Gasteiger partial charge in [0.15, 0.2) is 17.1 Å². The summed E-state index contributed by atoms with van der Waals surface area (Å²) in [6.45, 7) is 2.74. The molecular weight excluding hydrogens is 248 g/mol. The van der Waals surface area contributed by atoms with Gasteiger partial charge in [0.25, 0.3) is 0 Å². The molecule has 2 aromatic heterocycles. The maximum Gasteiger partial charge on any atom is 0.417 e. The second-order valence-corrected chi connectivity index (χ2v) is 4.03. The van der Waals surface area contributed by atoms with Crippen LogP contribution in [0.25, 0.3) is 11.1 Å². The van der Waals surface area contributed by atoms with Gasteiger partial charge in [0.1, 0.15) is 0 Å². The molecule has 7 heteroatoms. The number of ether oxygens (including phenoxy) is 1. The van der Waals surface area contributed by atoms with E-state index in [9.17, 15) is 4.79 Å². The van der Waals surface area contributed by atoms with Crippen molar-refractivity contribution >= 4 is 16.8 Å². The largest absolute Gasteiger partial charge is 0.452 e. The van der Waals surface area contributed by atoms with Crippen LogP contribution in [-0.2, 0) is 6.54 Å². The van der Waals surface area contributed by atoms with Gasteiger partial charge in [0.2, 0.25) is 0 Å². The zero-order valence-electron chi connectivity index (χ0n) is 10.2. The number of aromatic nitrogens is 3. The molecule has 7 nitrogen and oxygen atoms in total. The number of nitrogens with two attached hydrogens (primary N) is 1. The van der Waals surface area contributed by atoms with Crippen LogP contribution < -0.4 is 16.2 Å². The number of hydrogen-bond acceptors (Lipinski definition) is 5. The van der Waals surface area contributed by atoms with Crippen molar-refractivity contribution in [2.75, 3.05) is 5.73 Å². The van der Waals surface area contributed by atoms with Crippen molar-refractivity contribution in [2.45, 2.75) is 13.5 Å². The Morgan fingerprint density at radius 1 is 1.53 bits per heavy atom. The number of oxazole rings is 1. The highest BCUT2D eigenvalue weighted by Gasteiger charge is 2.09. The number of anilines is 1. The van der Waals surface area contributed by atoms with Crippen molar-refractivity contribution in [2.24, 2.45) is 0 Å². The molecule has 0 atom stereocenters. The first-order valence-electron chi connectivity index (χ1n) is 5.78. The number of H-pyrrole nitrogens is 1. The quantitative estimate of drug-likeness (QED) is 0.698. The van der Waals surface area contributed by atoms with Gasteiger partial charge < -0.3 is 14.9 Å². The summed E-state index contributed by atoms with van der Waals surface area (Å²) < 4.78 is 12.3. The first kappa shape index (κ1) is 11.4. The topological polar surface area (TPSA) is 99.1 Å². The molecule has 0 fully saturated rings. The summed E-state index contributed by atoms with van der Waals surface area (Å²) in [6.07, 6.45) is 3.37. The Kier molecular flexibility index (Phi) is 2.52. The van der Waals surface area contributed by atoms with Gasteiger partial charge in [-0.3, -0.25) is 9.67 Å². The van der Waals surface area contributed by atoms with E-state index in [2.05, 4.69) is 10.1 Å². The van der Waals surface area contributed by atoms with E-state index < -0.39 is 5.76 Å². The van der Waals surface area contributed by atoms with E-state index in [1.165, 1.54) is 0 Å². The van der Waals surface area contributed by atoms with Crippen LogP contribution in [0.4, 0.5) is 5.69 Å². The lowest BCUT2D eigenvalue weighted by Gasteiger charge is -2.05. The predicted octanol–water partition coefficient (Wildman–Crippen LogP) is 1.71. The van der Waals surface area contributed by atoms with Gasteiger partial charge in [0, 0.05) is 18.7 Å². The molecule has 0 radical (unpaired) electrons. The Labute approximate surface area is 107 Å². The summed E-state index contributed by atoms with van der Waals surface area (Å²) in [5, 5.41) is 4.10. The fourth-order valence-electron chi connectivity index (χ4n) is 1.78. The van der Waals surface area contributed by atoms with Crippen molar-refractivity contribution in [3.63, 3.8) is 0 Å². The zero-order valence-corrected chi connectivity index (χ0v) is 10.2. The number of hydrogen-bond donors (Lipinski definition) is 2. The Morgan fingerprint density at radius 2 is 2.37 bits per heavy atom. The Balaban J connectivity index is 1.99. The number of rotatable bonds is 3. The Bertz CT molecular complexity index is 784. The summed E-state index contributed by atoms with van der Waals surface area (Å²) in [5.74, 6) is 0.504. The molecule has 98 valence electrons. The summed E-state index contributed by atoms with van der Waals surface area (Å²) in [4.78, 5) is 13.6. The highest BCUT2D eigenvalue weighted by atomic mass is 16.5. The number of benzene rings is 1. The smallest absolute Gasteiger partial charge is 0.417 e. The number of aryl methyl sites for hydroxylation is 1. The van der Waals surface area contributed by atoms with Crippen molar-refractivity contribution in [3.05, 3.63) is 35.1 Å². The van der Waals surface area contributed by atoms with E-state index in [0.717, 1.165) is 6.54 Å². The molecule has 0 saturated carbocycles. The number of nitrogens with zero attached hydrogens (tertiary/aromatic N) is 2. The minimum atomic E-state index is -0.523. The summed E-state index contributed by atoms with van der Waals surface area (Å²) in [5.41, 5.74) is 7.18. The highest BCUT2D eigenvalue weighted by molar-refractivity contribution is 5.80. The van der Waals surface area contributed by atoms with Crippen LogP contribution in [0, 0.1) is 0 Å². The normalized spacial score (nSPS) is 11.0. The SMILES string of the molecule is CCn1cc(Oc2cc3[nH]c(=O)oc3cc2N)cn1. The van der Waals surface area contributed by atoms with Crippen LogP contribution in [0.15, 0.2) is 33.7 Å². The third-order valence-corrected chi connectivity index (χ3v) is 2.71. The number of aromatic amines is 1. The van der Waals surface area contributed by atoms with Gasteiger partial charge in [-0.15, -0.1) is 0 Å². The fourth-order valence-corrected chi connectivity index (χ4v) is 1.78. The highest BCUT2D eigenvalue weighted by Crippen LogP contribution is 2.30. The van der Waals surface area contributed by atoms with Crippen molar-refractivity contribution in [1.29, 1.82) is 0 Å². The van der Waals surface area contributed by atoms with E-state index in [1.54, 1.807) is 29.2 Å². The minimum absolute atomic E-state index is 0.388. The fraction of sp³-hybridized carbons (Fsp3) is 0.167. The van der Waals surface area contributed by atoms with Crippen LogP contribution in [-0.4, -0.2) is 14.8 Å². The third-order valence-electron chi connectivity index (χ3n) is 2.71. The molecule has 0 unspecified atom stereocenters. The summed E-state index contributed by atoms with van der Waals surface area (Å²) in [6, 6.07) is 3.17. The first-order chi connectivity index (χ1) is 9.15. The van der Waals surface area contributed by atoms with Crippen LogP contribution in [0.1, 0.15) is 6.92 Å². The average molecular weight is 260 g/mol. The molecule has 0 spiro atoms. The van der Waals surface area contributed by atoms with Crippen molar-refractivity contribution in [3.8, 4) is 11.5 Å². The molecule has 0 amide bonds. The molecule has 0 bridgehead atoms. The van der Waals surface area contributed by atoms with E-state index >= 15 is 0 Å². The Morgan fingerprint density at radius 3 is 3.11 bits per heavy atom. The van der Waals surface area contributed by atoms with E-state index in [1.807, 2.05) is 6.92 Å². The molecule has 0 saturated heterocycles. The maximum atomic E-state index is 11.1. The monoisotopic (exact) mass is 260 g/mol. The molecule has 1 aromatic carbocycles. The molecular formula is C12H12N4O3. The number of nitrogen functional groups attached to an aromatic ring is 1. The Hall–Kier alpha value is -2.70. The van der Waals surface area contributed by atoms with Gasteiger partial charge >= 0.3 is 5.76 Å². The van der Waals surface area contributed by atoms with Gasteiger partial charge in [-0.1, -0.05) is 0 Å². The lowest BCUT2D eigenvalue weighted by atomic mass is 10.2. The molecule has 3 N–H and O–H groups in total. The molecule has 19 heavy (non-hydrogen) atoms. The second kappa shape index (κ2) is 4.20. The lowest BCUT2D eigenvalue weighted by Crippen LogP contribution is -1.94. The summed E-state index contributed by atoms with van der Waals surface area (Å²) >= 11 is 0.